The molecule has 1 fully saturated rings. The van der Waals surface area contributed by atoms with Gasteiger partial charge in [-0.1, -0.05) is 25.3 Å². The van der Waals surface area contributed by atoms with E-state index in [0.29, 0.717) is 13.1 Å². The van der Waals surface area contributed by atoms with Gasteiger partial charge in [0.2, 0.25) is 5.91 Å². The molecule has 1 saturated carbocycles. The Hall–Kier alpha value is -1.52. The van der Waals surface area contributed by atoms with Crippen LogP contribution >= 0.6 is 0 Å². The van der Waals surface area contributed by atoms with E-state index in [-0.39, 0.29) is 11.8 Å². The number of amides is 1. The van der Waals surface area contributed by atoms with E-state index in [1.165, 1.54) is 19.3 Å². The second-order valence-corrected chi connectivity index (χ2v) is 6.21. The predicted molar refractivity (Wildman–Crippen MR) is 97.6 cm³/mol. The molecule has 1 aliphatic carbocycles. The van der Waals surface area contributed by atoms with Crippen LogP contribution in [0.15, 0.2) is 17.6 Å². The van der Waals surface area contributed by atoms with E-state index in [9.17, 15) is 4.79 Å². The lowest BCUT2D eigenvalue weighted by Crippen LogP contribution is -2.40. The van der Waals surface area contributed by atoms with E-state index in [1.807, 2.05) is 13.1 Å². The molecule has 1 aliphatic rings. The van der Waals surface area contributed by atoms with Crippen LogP contribution in [0.4, 0.5) is 0 Å². The zero-order chi connectivity index (χ0) is 16.9. The third-order valence-corrected chi connectivity index (χ3v) is 4.25. The SMILES string of the molecule is C=CCCCN(C)C(=NCCNC(=O)C1CCCCC1)NCC. The van der Waals surface area contributed by atoms with Crippen molar-refractivity contribution in [1.82, 2.24) is 15.5 Å². The van der Waals surface area contributed by atoms with E-state index in [0.717, 1.165) is 44.7 Å². The Kier molecular flexibility index (Phi) is 10.2. The van der Waals surface area contributed by atoms with Crippen molar-refractivity contribution in [3.8, 4) is 0 Å². The number of carbonyl (C=O) groups excluding carboxylic acids is 1. The van der Waals surface area contributed by atoms with Gasteiger partial charge in [0.05, 0.1) is 6.54 Å². The van der Waals surface area contributed by atoms with Gasteiger partial charge >= 0.3 is 0 Å². The summed E-state index contributed by atoms with van der Waals surface area (Å²) in [5.74, 6) is 1.34. The van der Waals surface area contributed by atoms with Crippen LogP contribution in [-0.2, 0) is 4.79 Å². The van der Waals surface area contributed by atoms with Gasteiger partial charge in [-0.05, 0) is 32.6 Å². The molecule has 0 aromatic rings. The van der Waals surface area contributed by atoms with Gasteiger partial charge in [-0.15, -0.1) is 6.58 Å². The van der Waals surface area contributed by atoms with Crippen LogP contribution in [0.1, 0.15) is 51.9 Å². The summed E-state index contributed by atoms with van der Waals surface area (Å²) in [7, 11) is 2.05. The summed E-state index contributed by atoms with van der Waals surface area (Å²) in [6.07, 6.45) is 9.78. The second kappa shape index (κ2) is 12.0. The summed E-state index contributed by atoms with van der Waals surface area (Å²) >= 11 is 0. The molecular formula is C18H34N4O. The van der Waals surface area contributed by atoms with Crippen molar-refractivity contribution in [2.24, 2.45) is 10.9 Å². The van der Waals surface area contributed by atoms with Crippen LogP contribution < -0.4 is 10.6 Å². The van der Waals surface area contributed by atoms with Crippen LogP contribution in [0, 0.1) is 5.92 Å². The number of unbranched alkanes of at least 4 members (excludes halogenated alkanes) is 1. The quantitative estimate of drug-likeness (QED) is 0.297. The standard InChI is InChI=1S/C18H34N4O/c1-4-6-10-15-22(3)18(19-5-2)21-14-13-20-17(23)16-11-8-7-9-12-16/h4,16H,1,5-15H2,2-3H3,(H,19,21)(H,20,23). The van der Waals surface area contributed by atoms with Crippen molar-refractivity contribution < 1.29 is 4.79 Å². The maximum absolute atomic E-state index is 12.1. The van der Waals surface area contributed by atoms with Gasteiger partial charge in [-0.3, -0.25) is 9.79 Å². The van der Waals surface area contributed by atoms with Gasteiger partial charge in [-0.25, -0.2) is 0 Å². The molecule has 23 heavy (non-hydrogen) atoms. The molecule has 2 N–H and O–H groups in total. The van der Waals surface area contributed by atoms with E-state index in [4.69, 9.17) is 0 Å². The van der Waals surface area contributed by atoms with Crippen molar-refractivity contribution in [3.05, 3.63) is 12.7 Å². The van der Waals surface area contributed by atoms with Crippen molar-refractivity contribution >= 4 is 11.9 Å². The van der Waals surface area contributed by atoms with Gasteiger partial charge in [-0.2, -0.15) is 0 Å². The van der Waals surface area contributed by atoms with E-state index < -0.39 is 0 Å². The molecule has 1 rings (SSSR count). The number of carbonyl (C=O) groups is 1. The van der Waals surface area contributed by atoms with Gasteiger partial charge in [0.1, 0.15) is 0 Å². The van der Waals surface area contributed by atoms with Crippen LogP contribution in [-0.4, -0.2) is 50.0 Å². The van der Waals surface area contributed by atoms with Crippen molar-refractivity contribution in [2.75, 3.05) is 33.2 Å². The van der Waals surface area contributed by atoms with Crippen LogP contribution in [0.5, 0.6) is 0 Å². The fourth-order valence-electron chi connectivity index (χ4n) is 2.90. The highest BCUT2D eigenvalue weighted by molar-refractivity contribution is 5.80. The molecular weight excluding hydrogens is 288 g/mol. The van der Waals surface area contributed by atoms with Crippen molar-refractivity contribution in [2.45, 2.75) is 51.9 Å². The summed E-state index contributed by atoms with van der Waals surface area (Å²) in [5.41, 5.74) is 0. The fraction of sp³-hybridized carbons (Fsp3) is 0.778. The number of guanidine groups is 1. The first-order valence-corrected chi connectivity index (χ1v) is 9.07. The molecule has 0 radical (unpaired) electrons. The lowest BCUT2D eigenvalue weighted by molar-refractivity contribution is -0.125. The Balaban J connectivity index is 2.32. The average Bonchev–Trinajstić information content (AvgIpc) is 2.58. The third-order valence-electron chi connectivity index (χ3n) is 4.25. The highest BCUT2D eigenvalue weighted by atomic mass is 16.1. The minimum Gasteiger partial charge on any atom is -0.357 e. The molecule has 0 aromatic heterocycles. The van der Waals surface area contributed by atoms with E-state index in [2.05, 4.69) is 34.0 Å². The first-order valence-electron chi connectivity index (χ1n) is 9.07. The fourth-order valence-corrected chi connectivity index (χ4v) is 2.90. The van der Waals surface area contributed by atoms with E-state index in [1.54, 1.807) is 0 Å². The molecule has 0 atom stereocenters. The maximum atomic E-state index is 12.1. The average molecular weight is 322 g/mol. The number of aliphatic imine (C=N–C) groups is 1. The Bertz CT molecular complexity index is 375. The number of nitrogens with one attached hydrogen (secondary N) is 2. The largest absolute Gasteiger partial charge is 0.357 e. The number of rotatable bonds is 9. The minimum atomic E-state index is 0.212. The van der Waals surface area contributed by atoms with Crippen molar-refractivity contribution in [1.29, 1.82) is 0 Å². The summed E-state index contributed by atoms with van der Waals surface area (Å²) in [5, 5.41) is 6.33. The lowest BCUT2D eigenvalue weighted by atomic mass is 9.89. The summed E-state index contributed by atoms with van der Waals surface area (Å²) in [4.78, 5) is 18.8. The monoisotopic (exact) mass is 322 g/mol. The maximum Gasteiger partial charge on any atom is 0.223 e. The topological polar surface area (TPSA) is 56.7 Å². The number of allylic oxidation sites excluding steroid dienone is 1. The van der Waals surface area contributed by atoms with Crippen LogP contribution in [0.2, 0.25) is 0 Å². The number of hydrogen-bond acceptors (Lipinski definition) is 2. The molecule has 5 heteroatoms. The first-order chi connectivity index (χ1) is 11.2. The molecule has 0 bridgehead atoms. The van der Waals surface area contributed by atoms with Crippen LogP contribution in [0.3, 0.4) is 0 Å². The van der Waals surface area contributed by atoms with Gasteiger partial charge in [0.15, 0.2) is 5.96 Å². The molecule has 0 aliphatic heterocycles. The Morgan fingerprint density at radius 2 is 2.04 bits per heavy atom. The molecule has 0 saturated heterocycles. The van der Waals surface area contributed by atoms with Gasteiger partial charge < -0.3 is 15.5 Å². The molecule has 0 heterocycles. The molecule has 1 amide bonds. The Morgan fingerprint density at radius 3 is 2.70 bits per heavy atom. The number of hydrogen-bond donors (Lipinski definition) is 2. The minimum absolute atomic E-state index is 0.212. The summed E-state index contributed by atoms with van der Waals surface area (Å²) in [6.45, 7) is 8.85. The second-order valence-electron chi connectivity index (χ2n) is 6.21. The van der Waals surface area contributed by atoms with E-state index >= 15 is 0 Å². The molecule has 132 valence electrons. The molecule has 0 spiro atoms. The smallest absolute Gasteiger partial charge is 0.223 e. The van der Waals surface area contributed by atoms with Crippen molar-refractivity contribution in [3.63, 3.8) is 0 Å². The zero-order valence-corrected chi connectivity index (χ0v) is 14.9. The Labute approximate surface area is 141 Å². The van der Waals surface area contributed by atoms with Gasteiger partial charge in [0.25, 0.3) is 0 Å². The highest BCUT2D eigenvalue weighted by Crippen LogP contribution is 2.23. The molecule has 0 aromatic carbocycles. The summed E-state index contributed by atoms with van der Waals surface area (Å²) < 4.78 is 0. The first kappa shape index (κ1) is 19.5. The predicted octanol–water partition coefficient (Wildman–Crippen LogP) is 2.55. The highest BCUT2D eigenvalue weighted by Gasteiger charge is 2.20. The molecule has 5 nitrogen and oxygen atoms in total. The molecule has 0 unspecified atom stereocenters. The normalized spacial score (nSPS) is 16.0. The van der Waals surface area contributed by atoms with Gasteiger partial charge in [0, 0.05) is 32.6 Å². The Morgan fingerprint density at radius 1 is 1.30 bits per heavy atom. The zero-order valence-electron chi connectivity index (χ0n) is 14.9. The van der Waals surface area contributed by atoms with Crippen LogP contribution in [0.25, 0.3) is 0 Å². The third kappa shape index (κ3) is 8.05. The number of nitrogens with zero attached hydrogens (tertiary/aromatic N) is 2. The summed E-state index contributed by atoms with van der Waals surface area (Å²) in [6, 6.07) is 0. The lowest BCUT2D eigenvalue weighted by Gasteiger charge is -2.22.